The van der Waals surface area contributed by atoms with Gasteiger partial charge in [-0.1, -0.05) is 12.1 Å². The first-order chi connectivity index (χ1) is 12.8. The van der Waals surface area contributed by atoms with Gasteiger partial charge in [-0.05, 0) is 44.2 Å². The molecule has 1 unspecified atom stereocenters. The average molecular weight is 396 g/mol. The number of nitrogens with one attached hydrogen (secondary N) is 2. The molecule has 0 aliphatic heterocycles. The lowest BCUT2D eigenvalue weighted by atomic mass is 10.2. The lowest BCUT2D eigenvalue weighted by Gasteiger charge is -2.17. The second-order valence-corrected chi connectivity index (χ2v) is 7.24. The maximum absolute atomic E-state index is 13.5. The van der Waals surface area contributed by atoms with Crippen LogP contribution in [0, 0.1) is 5.82 Å². The number of carbonyl (C=O) groups excluding carboxylic acids is 1. The molecule has 0 aliphatic rings. The number of methoxy groups -OCH3 is 1. The number of ether oxygens (including phenoxy) is 2. The number of anilines is 1. The van der Waals surface area contributed by atoms with Gasteiger partial charge in [0, 0.05) is 0 Å². The summed E-state index contributed by atoms with van der Waals surface area (Å²) >= 11 is 0. The molecular weight excluding hydrogens is 375 g/mol. The lowest BCUT2D eigenvalue weighted by Crippen LogP contribution is -2.41. The molecule has 0 aliphatic carbocycles. The second kappa shape index (κ2) is 8.83. The smallest absolute Gasteiger partial charge is 0.245 e. The van der Waals surface area contributed by atoms with Crippen LogP contribution in [0.5, 0.6) is 11.5 Å². The SMILES string of the molecule is CCOc1ccccc1NC(=O)C(C)NS(=O)(=O)c1cc(F)ccc1OC. The first kappa shape index (κ1) is 20.7. The van der Waals surface area contributed by atoms with Crippen LogP contribution in [-0.4, -0.2) is 34.1 Å². The summed E-state index contributed by atoms with van der Waals surface area (Å²) in [5.41, 5.74) is 0.415. The third kappa shape index (κ3) is 5.18. The number of amides is 1. The fraction of sp³-hybridized carbons (Fsp3) is 0.278. The highest BCUT2D eigenvalue weighted by molar-refractivity contribution is 7.89. The molecule has 146 valence electrons. The molecule has 2 aromatic rings. The predicted octanol–water partition coefficient (Wildman–Crippen LogP) is 2.54. The number of hydrogen-bond donors (Lipinski definition) is 2. The van der Waals surface area contributed by atoms with Crippen LogP contribution in [0.25, 0.3) is 0 Å². The molecule has 27 heavy (non-hydrogen) atoms. The first-order valence-corrected chi connectivity index (χ1v) is 9.65. The van der Waals surface area contributed by atoms with Crippen molar-refractivity contribution in [2.24, 2.45) is 0 Å². The summed E-state index contributed by atoms with van der Waals surface area (Å²) < 4.78 is 51.2. The van der Waals surface area contributed by atoms with Crippen molar-refractivity contribution in [2.45, 2.75) is 24.8 Å². The van der Waals surface area contributed by atoms with E-state index in [-0.39, 0.29) is 10.6 Å². The van der Waals surface area contributed by atoms with E-state index in [1.165, 1.54) is 20.1 Å². The zero-order chi connectivity index (χ0) is 20.0. The summed E-state index contributed by atoms with van der Waals surface area (Å²) in [6, 6.07) is 8.78. The quantitative estimate of drug-likeness (QED) is 0.715. The van der Waals surface area contributed by atoms with Crippen molar-refractivity contribution in [3.63, 3.8) is 0 Å². The Morgan fingerprint density at radius 3 is 2.56 bits per heavy atom. The number of rotatable bonds is 8. The normalized spacial score (nSPS) is 12.3. The number of hydrogen-bond acceptors (Lipinski definition) is 5. The topological polar surface area (TPSA) is 93.7 Å². The van der Waals surface area contributed by atoms with Gasteiger partial charge in [-0.3, -0.25) is 4.79 Å². The second-order valence-electron chi connectivity index (χ2n) is 5.56. The standard InChI is InChI=1S/C18H21FN2O5S/c1-4-26-15-8-6-5-7-14(15)20-18(22)12(2)21-27(23,24)17-11-13(19)9-10-16(17)25-3/h5-12,21H,4H2,1-3H3,(H,20,22). The third-order valence-corrected chi connectivity index (χ3v) is 5.15. The highest BCUT2D eigenvalue weighted by atomic mass is 32.2. The average Bonchev–Trinajstić information content (AvgIpc) is 2.63. The summed E-state index contributed by atoms with van der Waals surface area (Å²) in [6.45, 7) is 3.60. The number of halogens is 1. The molecular formula is C18H21FN2O5S. The predicted molar refractivity (Wildman–Crippen MR) is 99.0 cm³/mol. The summed E-state index contributed by atoms with van der Waals surface area (Å²) in [7, 11) is -2.92. The van der Waals surface area contributed by atoms with Gasteiger partial charge < -0.3 is 14.8 Å². The zero-order valence-electron chi connectivity index (χ0n) is 15.2. The van der Waals surface area contributed by atoms with Gasteiger partial charge >= 0.3 is 0 Å². The van der Waals surface area contributed by atoms with Crippen molar-refractivity contribution < 1.29 is 27.1 Å². The van der Waals surface area contributed by atoms with E-state index in [0.29, 0.717) is 18.0 Å². The van der Waals surface area contributed by atoms with Crippen molar-refractivity contribution in [1.82, 2.24) is 4.72 Å². The molecule has 2 aromatic carbocycles. The molecule has 0 saturated carbocycles. The highest BCUT2D eigenvalue weighted by Crippen LogP contribution is 2.26. The van der Waals surface area contributed by atoms with E-state index in [2.05, 4.69) is 10.0 Å². The molecule has 0 bridgehead atoms. The molecule has 7 nitrogen and oxygen atoms in total. The van der Waals surface area contributed by atoms with E-state index < -0.39 is 27.8 Å². The first-order valence-electron chi connectivity index (χ1n) is 8.17. The minimum absolute atomic E-state index is 0.0294. The Kier molecular flexibility index (Phi) is 6.75. The minimum atomic E-state index is -4.19. The van der Waals surface area contributed by atoms with Crippen molar-refractivity contribution >= 4 is 21.6 Å². The molecule has 2 rings (SSSR count). The van der Waals surface area contributed by atoms with Crippen molar-refractivity contribution in [3.8, 4) is 11.5 Å². The molecule has 9 heteroatoms. The Hall–Kier alpha value is -2.65. The van der Waals surface area contributed by atoms with Gasteiger partial charge in [0.1, 0.15) is 22.2 Å². The maximum atomic E-state index is 13.5. The summed E-state index contributed by atoms with van der Waals surface area (Å²) in [5.74, 6) is -0.895. The Labute approximate surface area is 157 Å². The van der Waals surface area contributed by atoms with Gasteiger partial charge in [0.25, 0.3) is 0 Å². The Balaban J connectivity index is 2.18. The van der Waals surface area contributed by atoms with Crippen LogP contribution in [0.3, 0.4) is 0 Å². The van der Waals surface area contributed by atoms with Crippen molar-refractivity contribution in [3.05, 3.63) is 48.3 Å². The maximum Gasteiger partial charge on any atom is 0.245 e. The number of carbonyl (C=O) groups is 1. The van der Waals surface area contributed by atoms with Gasteiger partial charge in [0.05, 0.1) is 25.4 Å². The summed E-state index contributed by atoms with van der Waals surface area (Å²) in [6.07, 6.45) is 0. The van der Waals surface area contributed by atoms with Gasteiger partial charge in [0.2, 0.25) is 15.9 Å². The van der Waals surface area contributed by atoms with Gasteiger partial charge in [-0.2, -0.15) is 4.72 Å². The Morgan fingerprint density at radius 2 is 1.89 bits per heavy atom. The van der Waals surface area contributed by atoms with Crippen LogP contribution in [0.15, 0.2) is 47.4 Å². The summed E-state index contributed by atoms with van der Waals surface area (Å²) in [4.78, 5) is 12.0. The molecule has 0 saturated heterocycles. The third-order valence-electron chi connectivity index (χ3n) is 3.59. The van der Waals surface area contributed by atoms with Crippen molar-refractivity contribution in [2.75, 3.05) is 19.0 Å². The molecule has 0 aromatic heterocycles. The Morgan fingerprint density at radius 1 is 1.19 bits per heavy atom. The largest absolute Gasteiger partial charge is 0.495 e. The zero-order valence-corrected chi connectivity index (χ0v) is 16.0. The lowest BCUT2D eigenvalue weighted by molar-refractivity contribution is -0.117. The van der Waals surface area contributed by atoms with Crippen LogP contribution in [-0.2, 0) is 14.8 Å². The molecule has 1 amide bonds. The number of benzene rings is 2. The monoisotopic (exact) mass is 396 g/mol. The Bertz CT molecular complexity index is 918. The summed E-state index contributed by atoms with van der Waals surface area (Å²) in [5, 5.41) is 2.61. The fourth-order valence-electron chi connectivity index (χ4n) is 2.30. The van der Waals surface area contributed by atoms with Crippen LogP contribution < -0.4 is 19.5 Å². The van der Waals surface area contributed by atoms with E-state index in [1.807, 2.05) is 6.92 Å². The van der Waals surface area contributed by atoms with E-state index in [9.17, 15) is 17.6 Å². The highest BCUT2D eigenvalue weighted by Gasteiger charge is 2.26. The van der Waals surface area contributed by atoms with Gasteiger partial charge in [-0.15, -0.1) is 0 Å². The molecule has 0 fully saturated rings. The molecule has 0 heterocycles. The number of para-hydroxylation sites is 2. The van der Waals surface area contributed by atoms with Gasteiger partial charge in [0.15, 0.2) is 0 Å². The van der Waals surface area contributed by atoms with Gasteiger partial charge in [-0.25, -0.2) is 12.8 Å². The minimum Gasteiger partial charge on any atom is -0.495 e. The molecule has 0 spiro atoms. The molecule has 0 radical (unpaired) electrons. The van der Waals surface area contributed by atoms with Crippen LogP contribution in [0.4, 0.5) is 10.1 Å². The van der Waals surface area contributed by atoms with Crippen LogP contribution in [0.1, 0.15) is 13.8 Å². The van der Waals surface area contributed by atoms with Crippen LogP contribution >= 0.6 is 0 Å². The van der Waals surface area contributed by atoms with E-state index in [4.69, 9.17) is 9.47 Å². The van der Waals surface area contributed by atoms with Crippen molar-refractivity contribution in [1.29, 1.82) is 0 Å². The molecule has 1 atom stereocenters. The van der Waals surface area contributed by atoms with E-state index in [1.54, 1.807) is 24.3 Å². The van der Waals surface area contributed by atoms with Crippen LogP contribution in [0.2, 0.25) is 0 Å². The van der Waals surface area contributed by atoms with E-state index in [0.717, 1.165) is 12.1 Å². The van der Waals surface area contributed by atoms with E-state index >= 15 is 0 Å². The fourth-order valence-corrected chi connectivity index (χ4v) is 3.69. The molecule has 2 N–H and O–H groups in total. The number of sulfonamides is 1.